The lowest BCUT2D eigenvalue weighted by atomic mass is 10.1. The van der Waals surface area contributed by atoms with Crippen LogP contribution in [0.25, 0.3) is 22.2 Å². The third kappa shape index (κ3) is 1.92. The summed E-state index contributed by atoms with van der Waals surface area (Å²) in [5.74, 6) is -1.62. The SMILES string of the molecule is Cc1cnncc1-c1cc2cc(F)c(F)cc2n1C1CC1. The van der Waals surface area contributed by atoms with Gasteiger partial charge in [0.1, 0.15) is 0 Å². The topological polar surface area (TPSA) is 30.7 Å². The first-order valence-electron chi connectivity index (χ1n) is 6.93. The average Bonchev–Trinajstić information content (AvgIpc) is 3.23. The molecule has 4 rings (SSSR count). The summed E-state index contributed by atoms with van der Waals surface area (Å²) in [6.07, 6.45) is 5.53. The van der Waals surface area contributed by atoms with Crippen molar-refractivity contribution in [3.63, 3.8) is 0 Å². The molecule has 1 saturated carbocycles. The molecule has 21 heavy (non-hydrogen) atoms. The molecule has 0 N–H and O–H groups in total. The van der Waals surface area contributed by atoms with Crippen molar-refractivity contribution in [3.05, 3.63) is 47.8 Å². The first-order chi connectivity index (χ1) is 10.1. The number of nitrogens with zero attached hydrogens (tertiary/aromatic N) is 3. The summed E-state index contributed by atoms with van der Waals surface area (Å²) < 4.78 is 29.2. The molecule has 3 aromatic rings. The summed E-state index contributed by atoms with van der Waals surface area (Å²) in [7, 11) is 0. The summed E-state index contributed by atoms with van der Waals surface area (Å²) in [4.78, 5) is 0. The van der Waals surface area contributed by atoms with Gasteiger partial charge < -0.3 is 4.57 Å². The first-order valence-corrected chi connectivity index (χ1v) is 6.93. The number of hydrogen-bond acceptors (Lipinski definition) is 2. The molecule has 3 nitrogen and oxygen atoms in total. The number of fused-ring (bicyclic) bond motifs is 1. The van der Waals surface area contributed by atoms with E-state index in [1.165, 1.54) is 12.1 Å². The van der Waals surface area contributed by atoms with E-state index in [4.69, 9.17) is 0 Å². The Kier molecular flexibility index (Phi) is 2.58. The minimum absolute atomic E-state index is 0.356. The predicted molar refractivity (Wildman–Crippen MR) is 75.9 cm³/mol. The van der Waals surface area contributed by atoms with Crippen LogP contribution in [0.15, 0.2) is 30.6 Å². The number of aromatic nitrogens is 3. The molecule has 1 aliphatic carbocycles. The molecule has 1 aromatic carbocycles. The smallest absolute Gasteiger partial charge is 0.160 e. The highest BCUT2D eigenvalue weighted by atomic mass is 19.2. The van der Waals surface area contributed by atoms with Crippen molar-refractivity contribution in [1.29, 1.82) is 0 Å². The van der Waals surface area contributed by atoms with Crippen LogP contribution in [0.5, 0.6) is 0 Å². The zero-order valence-electron chi connectivity index (χ0n) is 11.5. The van der Waals surface area contributed by atoms with E-state index in [0.717, 1.165) is 35.2 Å². The Bertz CT molecular complexity index is 850. The van der Waals surface area contributed by atoms with E-state index in [9.17, 15) is 8.78 Å². The molecule has 0 atom stereocenters. The fourth-order valence-corrected chi connectivity index (χ4v) is 2.81. The number of hydrogen-bond donors (Lipinski definition) is 0. The number of halogens is 2. The third-order valence-corrected chi connectivity index (χ3v) is 4.00. The lowest BCUT2D eigenvalue weighted by molar-refractivity contribution is 0.510. The van der Waals surface area contributed by atoms with Crippen LogP contribution in [0.2, 0.25) is 0 Å². The van der Waals surface area contributed by atoms with E-state index in [1.54, 1.807) is 12.4 Å². The quantitative estimate of drug-likeness (QED) is 0.712. The van der Waals surface area contributed by atoms with Gasteiger partial charge in [-0.1, -0.05) is 0 Å². The van der Waals surface area contributed by atoms with Gasteiger partial charge in [0.05, 0.1) is 23.6 Å². The number of benzene rings is 1. The average molecular weight is 285 g/mol. The molecule has 0 unspecified atom stereocenters. The minimum atomic E-state index is -0.813. The van der Waals surface area contributed by atoms with Gasteiger partial charge in [-0.05, 0) is 37.5 Å². The van der Waals surface area contributed by atoms with Gasteiger partial charge in [-0.3, -0.25) is 0 Å². The highest BCUT2D eigenvalue weighted by Gasteiger charge is 2.28. The molecule has 0 spiro atoms. The van der Waals surface area contributed by atoms with Gasteiger partial charge in [0.15, 0.2) is 11.6 Å². The second-order valence-electron chi connectivity index (χ2n) is 5.54. The van der Waals surface area contributed by atoms with Crippen molar-refractivity contribution in [2.75, 3.05) is 0 Å². The van der Waals surface area contributed by atoms with Gasteiger partial charge in [0.25, 0.3) is 0 Å². The number of aryl methyl sites for hydroxylation is 1. The van der Waals surface area contributed by atoms with Crippen LogP contribution in [0.4, 0.5) is 8.78 Å². The second-order valence-corrected chi connectivity index (χ2v) is 5.54. The Morgan fingerprint density at radius 3 is 2.48 bits per heavy atom. The molecule has 0 bridgehead atoms. The Labute approximate surface area is 120 Å². The predicted octanol–water partition coefficient (Wildman–Crippen LogP) is 4.02. The van der Waals surface area contributed by atoms with Crippen LogP contribution in [0.1, 0.15) is 24.4 Å². The van der Waals surface area contributed by atoms with Crippen LogP contribution >= 0.6 is 0 Å². The molecule has 0 amide bonds. The molecule has 2 heterocycles. The summed E-state index contributed by atoms with van der Waals surface area (Å²) in [6.45, 7) is 1.96. The zero-order chi connectivity index (χ0) is 14.6. The lowest BCUT2D eigenvalue weighted by Gasteiger charge is -2.11. The standard InChI is InChI=1S/C16H13F2N3/c1-9-7-19-20-8-12(9)16-5-10-4-13(17)14(18)6-15(10)21(16)11-2-3-11/h4-8,11H,2-3H2,1H3. The van der Waals surface area contributed by atoms with Gasteiger partial charge in [0.2, 0.25) is 0 Å². The molecule has 1 fully saturated rings. The van der Waals surface area contributed by atoms with E-state index >= 15 is 0 Å². The largest absolute Gasteiger partial charge is 0.337 e. The van der Waals surface area contributed by atoms with Gasteiger partial charge >= 0.3 is 0 Å². The third-order valence-electron chi connectivity index (χ3n) is 4.00. The fraction of sp³-hybridized carbons (Fsp3) is 0.250. The highest BCUT2D eigenvalue weighted by molar-refractivity contribution is 5.88. The van der Waals surface area contributed by atoms with Crippen molar-refractivity contribution >= 4 is 10.9 Å². The van der Waals surface area contributed by atoms with E-state index in [2.05, 4.69) is 14.8 Å². The Morgan fingerprint density at radius 1 is 1.05 bits per heavy atom. The summed E-state index contributed by atoms with van der Waals surface area (Å²) in [6, 6.07) is 4.81. The van der Waals surface area contributed by atoms with E-state index in [-0.39, 0.29) is 0 Å². The normalized spacial score (nSPS) is 14.8. The lowest BCUT2D eigenvalue weighted by Crippen LogP contribution is -1.99. The Hall–Kier alpha value is -2.30. The fourth-order valence-electron chi connectivity index (χ4n) is 2.81. The zero-order valence-corrected chi connectivity index (χ0v) is 11.5. The molecule has 0 aliphatic heterocycles. The maximum Gasteiger partial charge on any atom is 0.160 e. The molecule has 1 aliphatic rings. The van der Waals surface area contributed by atoms with E-state index < -0.39 is 11.6 Å². The van der Waals surface area contributed by atoms with E-state index in [1.807, 2.05) is 13.0 Å². The van der Waals surface area contributed by atoms with E-state index in [0.29, 0.717) is 11.4 Å². The molecule has 0 saturated heterocycles. The minimum Gasteiger partial charge on any atom is -0.337 e. The summed E-state index contributed by atoms with van der Waals surface area (Å²) >= 11 is 0. The van der Waals surface area contributed by atoms with Crippen molar-refractivity contribution in [2.45, 2.75) is 25.8 Å². The molecule has 5 heteroatoms. The van der Waals surface area contributed by atoms with Crippen LogP contribution in [0.3, 0.4) is 0 Å². The summed E-state index contributed by atoms with van der Waals surface area (Å²) in [5, 5.41) is 8.51. The molecule has 106 valence electrons. The van der Waals surface area contributed by atoms with Crippen molar-refractivity contribution in [2.24, 2.45) is 0 Å². The molecular weight excluding hydrogens is 272 g/mol. The van der Waals surface area contributed by atoms with Crippen LogP contribution < -0.4 is 0 Å². The monoisotopic (exact) mass is 285 g/mol. The molecule has 0 radical (unpaired) electrons. The molecule has 2 aromatic heterocycles. The van der Waals surface area contributed by atoms with Crippen molar-refractivity contribution in [3.8, 4) is 11.3 Å². The Balaban J connectivity index is 2.05. The van der Waals surface area contributed by atoms with Gasteiger partial charge in [-0.25, -0.2) is 8.78 Å². The first kappa shape index (κ1) is 12.4. The Morgan fingerprint density at radius 2 is 1.76 bits per heavy atom. The van der Waals surface area contributed by atoms with Crippen LogP contribution in [0, 0.1) is 18.6 Å². The van der Waals surface area contributed by atoms with Gasteiger partial charge in [-0.2, -0.15) is 10.2 Å². The van der Waals surface area contributed by atoms with Crippen LogP contribution in [-0.2, 0) is 0 Å². The van der Waals surface area contributed by atoms with Gasteiger partial charge in [0, 0.05) is 23.1 Å². The summed E-state index contributed by atoms with van der Waals surface area (Å²) in [5.41, 5.74) is 3.64. The highest BCUT2D eigenvalue weighted by Crippen LogP contribution is 2.43. The maximum atomic E-state index is 13.6. The second kappa shape index (κ2) is 4.35. The van der Waals surface area contributed by atoms with Crippen LogP contribution in [-0.4, -0.2) is 14.8 Å². The van der Waals surface area contributed by atoms with Crippen molar-refractivity contribution < 1.29 is 8.78 Å². The molecular formula is C16H13F2N3. The van der Waals surface area contributed by atoms with Crippen molar-refractivity contribution in [1.82, 2.24) is 14.8 Å². The number of rotatable bonds is 2. The van der Waals surface area contributed by atoms with Gasteiger partial charge in [-0.15, -0.1) is 0 Å². The maximum absolute atomic E-state index is 13.6.